The van der Waals surface area contributed by atoms with Crippen molar-refractivity contribution in [3.8, 4) is 5.75 Å². The summed E-state index contributed by atoms with van der Waals surface area (Å²) in [6, 6.07) is 1.34. The van der Waals surface area contributed by atoms with Crippen LogP contribution in [0.2, 0.25) is 0 Å². The zero-order chi connectivity index (χ0) is 14.3. The maximum atomic E-state index is 11.7. The van der Waals surface area contributed by atoms with Gasteiger partial charge in [0.05, 0.1) is 11.8 Å². The average Bonchev–Trinajstić information content (AvgIpc) is 2.39. The zero-order valence-electron chi connectivity index (χ0n) is 11.0. The van der Waals surface area contributed by atoms with Crippen LogP contribution in [-0.2, 0) is 4.79 Å². The first kappa shape index (κ1) is 14.9. The highest BCUT2D eigenvalue weighted by atomic mass is 16.5. The lowest BCUT2D eigenvalue weighted by Gasteiger charge is -2.14. The van der Waals surface area contributed by atoms with Crippen molar-refractivity contribution in [2.45, 2.75) is 32.8 Å². The van der Waals surface area contributed by atoms with Crippen molar-refractivity contribution in [1.29, 1.82) is 0 Å². The standard InChI is InChI=1S/C13H18N2O4/c1-3-4-5-15-12(16)9(2)19-11-6-10(13(17)18)7-14-8-11/h6-9H,3-5H2,1-2H3,(H,15,16)(H,17,18). The Hall–Kier alpha value is -2.11. The second kappa shape index (κ2) is 7.35. The van der Waals surface area contributed by atoms with Crippen LogP contribution in [0.5, 0.6) is 5.75 Å². The van der Waals surface area contributed by atoms with Crippen molar-refractivity contribution in [3.63, 3.8) is 0 Å². The average molecular weight is 266 g/mol. The Morgan fingerprint density at radius 2 is 2.21 bits per heavy atom. The summed E-state index contributed by atoms with van der Waals surface area (Å²) >= 11 is 0. The van der Waals surface area contributed by atoms with Crippen LogP contribution in [0.1, 0.15) is 37.0 Å². The van der Waals surface area contributed by atoms with Gasteiger partial charge in [-0.1, -0.05) is 13.3 Å². The number of nitrogens with zero attached hydrogens (tertiary/aromatic N) is 1. The molecule has 1 amide bonds. The van der Waals surface area contributed by atoms with Gasteiger partial charge in [-0.2, -0.15) is 0 Å². The van der Waals surface area contributed by atoms with Crippen molar-refractivity contribution in [3.05, 3.63) is 24.0 Å². The first-order chi connectivity index (χ1) is 9.04. The summed E-state index contributed by atoms with van der Waals surface area (Å²) in [5, 5.41) is 11.6. The smallest absolute Gasteiger partial charge is 0.337 e. The SMILES string of the molecule is CCCCNC(=O)C(C)Oc1cncc(C(=O)O)c1. The first-order valence-electron chi connectivity index (χ1n) is 6.17. The Bertz CT molecular complexity index is 448. The number of ether oxygens (including phenoxy) is 1. The molecule has 6 nitrogen and oxygen atoms in total. The van der Waals surface area contributed by atoms with Crippen molar-refractivity contribution in [2.75, 3.05) is 6.54 Å². The van der Waals surface area contributed by atoms with E-state index in [2.05, 4.69) is 10.3 Å². The second-order valence-electron chi connectivity index (χ2n) is 4.12. The highest BCUT2D eigenvalue weighted by molar-refractivity contribution is 5.87. The van der Waals surface area contributed by atoms with E-state index < -0.39 is 12.1 Å². The van der Waals surface area contributed by atoms with Gasteiger partial charge < -0.3 is 15.2 Å². The normalized spacial score (nSPS) is 11.7. The molecular weight excluding hydrogens is 248 g/mol. The van der Waals surface area contributed by atoms with Crippen molar-refractivity contribution in [1.82, 2.24) is 10.3 Å². The number of carboxylic acids is 1. The van der Waals surface area contributed by atoms with Crippen molar-refractivity contribution >= 4 is 11.9 Å². The molecule has 1 unspecified atom stereocenters. The molecule has 0 saturated carbocycles. The number of amides is 1. The minimum Gasteiger partial charge on any atom is -0.479 e. The molecule has 1 aromatic heterocycles. The molecular formula is C13H18N2O4. The monoisotopic (exact) mass is 266 g/mol. The summed E-state index contributed by atoms with van der Waals surface area (Å²) in [5.41, 5.74) is 0.0242. The van der Waals surface area contributed by atoms with Crippen LogP contribution < -0.4 is 10.1 Å². The number of aromatic carboxylic acids is 1. The number of hydrogen-bond donors (Lipinski definition) is 2. The lowest BCUT2D eigenvalue weighted by atomic mass is 10.3. The van der Waals surface area contributed by atoms with Gasteiger partial charge in [-0.25, -0.2) is 4.79 Å². The molecule has 104 valence electrons. The van der Waals surface area contributed by atoms with Gasteiger partial charge in [0.15, 0.2) is 6.10 Å². The highest BCUT2D eigenvalue weighted by Gasteiger charge is 2.15. The fraction of sp³-hybridized carbons (Fsp3) is 0.462. The van der Waals surface area contributed by atoms with Crippen LogP contribution in [0.3, 0.4) is 0 Å². The molecule has 6 heteroatoms. The number of aromatic nitrogens is 1. The van der Waals surface area contributed by atoms with Crippen molar-refractivity contribution < 1.29 is 19.4 Å². The van der Waals surface area contributed by atoms with E-state index in [9.17, 15) is 9.59 Å². The molecule has 0 aliphatic carbocycles. The predicted octanol–water partition coefficient (Wildman–Crippen LogP) is 1.46. The van der Waals surface area contributed by atoms with E-state index in [1.165, 1.54) is 18.5 Å². The molecule has 0 aliphatic heterocycles. The molecule has 1 heterocycles. The Morgan fingerprint density at radius 3 is 2.84 bits per heavy atom. The van der Waals surface area contributed by atoms with Gasteiger partial charge in [0.25, 0.3) is 5.91 Å². The predicted molar refractivity (Wildman–Crippen MR) is 69.2 cm³/mol. The number of pyridine rings is 1. The van der Waals surface area contributed by atoms with Crippen LogP contribution in [-0.4, -0.2) is 34.6 Å². The lowest BCUT2D eigenvalue weighted by molar-refractivity contribution is -0.127. The number of unbranched alkanes of at least 4 members (excludes halogenated alkanes) is 1. The molecule has 0 aliphatic rings. The van der Waals surface area contributed by atoms with E-state index in [4.69, 9.17) is 9.84 Å². The largest absolute Gasteiger partial charge is 0.479 e. The fourth-order valence-corrected chi connectivity index (χ4v) is 1.39. The van der Waals surface area contributed by atoms with Gasteiger partial charge in [0.1, 0.15) is 5.75 Å². The number of nitrogens with one attached hydrogen (secondary N) is 1. The number of carboxylic acid groups (broad SMARTS) is 1. The Kier molecular flexibility index (Phi) is 5.78. The third kappa shape index (κ3) is 4.95. The van der Waals surface area contributed by atoms with Gasteiger partial charge >= 0.3 is 5.97 Å². The maximum Gasteiger partial charge on any atom is 0.337 e. The molecule has 0 bridgehead atoms. The quantitative estimate of drug-likeness (QED) is 0.729. The summed E-state index contributed by atoms with van der Waals surface area (Å²) < 4.78 is 5.36. The summed E-state index contributed by atoms with van der Waals surface area (Å²) in [4.78, 5) is 26.2. The van der Waals surface area contributed by atoms with Gasteiger partial charge in [0.2, 0.25) is 0 Å². The zero-order valence-corrected chi connectivity index (χ0v) is 11.0. The van der Waals surface area contributed by atoms with E-state index in [0.717, 1.165) is 12.8 Å². The second-order valence-corrected chi connectivity index (χ2v) is 4.12. The number of rotatable bonds is 7. The van der Waals surface area contributed by atoms with E-state index >= 15 is 0 Å². The first-order valence-corrected chi connectivity index (χ1v) is 6.17. The van der Waals surface area contributed by atoms with Crippen LogP contribution in [0.15, 0.2) is 18.5 Å². The molecule has 1 rings (SSSR count). The van der Waals surface area contributed by atoms with Crippen LogP contribution in [0.4, 0.5) is 0 Å². The van der Waals surface area contributed by atoms with Gasteiger partial charge in [-0.3, -0.25) is 9.78 Å². The molecule has 0 radical (unpaired) electrons. The molecule has 1 aromatic rings. The lowest BCUT2D eigenvalue weighted by Crippen LogP contribution is -2.36. The third-order valence-corrected chi connectivity index (χ3v) is 2.47. The van der Waals surface area contributed by atoms with Gasteiger partial charge in [-0.15, -0.1) is 0 Å². The molecule has 0 spiro atoms. The minimum atomic E-state index is -1.09. The summed E-state index contributed by atoms with van der Waals surface area (Å²) in [6.07, 6.45) is 3.82. The number of carbonyl (C=O) groups excluding carboxylic acids is 1. The Labute approximate surface area is 111 Å². The molecule has 0 fully saturated rings. The van der Waals surface area contributed by atoms with E-state index in [0.29, 0.717) is 6.54 Å². The van der Waals surface area contributed by atoms with E-state index in [1.54, 1.807) is 6.92 Å². The molecule has 19 heavy (non-hydrogen) atoms. The van der Waals surface area contributed by atoms with E-state index in [1.807, 2.05) is 6.92 Å². The molecule has 2 N–H and O–H groups in total. The number of hydrogen-bond acceptors (Lipinski definition) is 4. The van der Waals surface area contributed by atoms with Gasteiger partial charge in [-0.05, 0) is 19.4 Å². The summed E-state index contributed by atoms with van der Waals surface area (Å²) in [7, 11) is 0. The minimum absolute atomic E-state index is 0.0242. The summed E-state index contributed by atoms with van der Waals surface area (Å²) in [5.74, 6) is -1.05. The number of carbonyl (C=O) groups is 2. The topological polar surface area (TPSA) is 88.5 Å². The fourth-order valence-electron chi connectivity index (χ4n) is 1.39. The highest BCUT2D eigenvalue weighted by Crippen LogP contribution is 2.13. The van der Waals surface area contributed by atoms with Crippen LogP contribution in [0, 0.1) is 0 Å². The van der Waals surface area contributed by atoms with Crippen molar-refractivity contribution in [2.24, 2.45) is 0 Å². The Balaban J connectivity index is 2.56. The van der Waals surface area contributed by atoms with E-state index in [-0.39, 0.29) is 17.2 Å². The Morgan fingerprint density at radius 1 is 1.47 bits per heavy atom. The van der Waals surface area contributed by atoms with Crippen LogP contribution in [0.25, 0.3) is 0 Å². The van der Waals surface area contributed by atoms with Gasteiger partial charge in [0, 0.05) is 12.7 Å². The molecule has 1 atom stereocenters. The molecule has 0 saturated heterocycles. The summed E-state index contributed by atoms with van der Waals surface area (Å²) in [6.45, 7) is 4.25. The molecule has 0 aromatic carbocycles. The van der Waals surface area contributed by atoms with Crippen LogP contribution >= 0.6 is 0 Å². The third-order valence-electron chi connectivity index (χ3n) is 2.47. The maximum absolute atomic E-state index is 11.7.